The van der Waals surface area contributed by atoms with Crippen molar-refractivity contribution in [3.05, 3.63) is 65.7 Å². The molecule has 29 heavy (non-hydrogen) atoms. The molecular formula is C24H32N2O3. The van der Waals surface area contributed by atoms with Crippen molar-refractivity contribution in [2.75, 3.05) is 47.5 Å². The van der Waals surface area contributed by atoms with Crippen LogP contribution in [0.1, 0.15) is 24.0 Å². The average molecular weight is 397 g/mol. The van der Waals surface area contributed by atoms with Crippen molar-refractivity contribution in [1.29, 1.82) is 0 Å². The van der Waals surface area contributed by atoms with Gasteiger partial charge in [-0.15, -0.1) is 0 Å². The second-order valence-corrected chi connectivity index (χ2v) is 7.90. The lowest BCUT2D eigenvalue weighted by Gasteiger charge is -2.40. The number of para-hydroxylation sites is 1. The van der Waals surface area contributed by atoms with Crippen molar-refractivity contribution in [3.8, 4) is 5.75 Å². The van der Waals surface area contributed by atoms with Gasteiger partial charge in [-0.05, 0) is 38.6 Å². The predicted octanol–water partition coefficient (Wildman–Crippen LogP) is 3.33. The van der Waals surface area contributed by atoms with Crippen molar-refractivity contribution in [2.24, 2.45) is 0 Å². The summed E-state index contributed by atoms with van der Waals surface area (Å²) in [6.07, 6.45) is 1.42. The molecule has 156 valence electrons. The van der Waals surface area contributed by atoms with Gasteiger partial charge in [0.05, 0.1) is 12.5 Å². The van der Waals surface area contributed by atoms with Gasteiger partial charge in [-0.3, -0.25) is 4.79 Å². The second kappa shape index (κ2) is 9.90. The van der Waals surface area contributed by atoms with Crippen molar-refractivity contribution < 1.29 is 14.3 Å². The summed E-state index contributed by atoms with van der Waals surface area (Å²) in [7, 11) is 5.75. The van der Waals surface area contributed by atoms with Gasteiger partial charge in [-0.2, -0.15) is 0 Å². The van der Waals surface area contributed by atoms with E-state index in [0.29, 0.717) is 39.1 Å². The highest BCUT2D eigenvalue weighted by atomic mass is 16.5. The van der Waals surface area contributed by atoms with Crippen LogP contribution < -0.4 is 4.74 Å². The van der Waals surface area contributed by atoms with E-state index in [-0.39, 0.29) is 5.91 Å². The Morgan fingerprint density at radius 3 is 2.31 bits per heavy atom. The molecule has 1 aliphatic rings. The summed E-state index contributed by atoms with van der Waals surface area (Å²) in [6, 6.07) is 18.1. The van der Waals surface area contributed by atoms with E-state index in [0.717, 1.165) is 23.4 Å². The van der Waals surface area contributed by atoms with Crippen LogP contribution in [0.5, 0.6) is 5.75 Å². The number of hydrogen-bond donors (Lipinski definition) is 0. The Morgan fingerprint density at radius 1 is 1.00 bits per heavy atom. The molecule has 0 aliphatic carbocycles. The first-order chi connectivity index (χ1) is 14.1. The van der Waals surface area contributed by atoms with Crippen LogP contribution in [0.2, 0.25) is 0 Å². The maximum absolute atomic E-state index is 14.0. The van der Waals surface area contributed by atoms with E-state index in [1.165, 1.54) is 0 Å². The molecule has 0 bridgehead atoms. The van der Waals surface area contributed by atoms with Gasteiger partial charge in [0, 0.05) is 38.4 Å². The van der Waals surface area contributed by atoms with Crippen molar-refractivity contribution in [2.45, 2.75) is 24.8 Å². The topological polar surface area (TPSA) is 42.0 Å². The van der Waals surface area contributed by atoms with Gasteiger partial charge in [0.25, 0.3) is 0 Å². The lowest BCUT2D eigenvalue weighted by Crippen LogP contribution is -2.51. The van der Waals surface area contributed by atoms with E-state index in [9.17, 15) is 4.79 Å². The molecule has 0 N–H and O–H groups in total. The third kappa shape index (κ3) is 4.98. The first-order valence-electron chi connectivity index (χ1n) is 10.3. The molecule has 0 atom stereocenters. The first-order valence-corrected chi connectivity index (χ1v) is 10.3. The molecule has 0 spiro atoms. The molecule has 1 saturated heterocycles. The summed E-state index contributed by atoms with van der Waals surface area (Å²) < 4.78 is 11.2. The fourth-order valence-corrected chi connectivity index (χ4v) is 4.02. The van der Waals surface area contributed by atoms with E-state index in [2.05, 4.69) is 17.0 Å². The fraction of sp³-hybridized carbons (Fsp3) is 0.458. The normalized spacial score (nSPS) is 15.9. The summed E-state index contributed by atoms with van der Waals surface area (Å²) in [6.45, 7) is 3.22. The van der Waals surface area contributed by atoms with Gasteiger partial charge in [0.15, 0.2) is 0 Å². The number of hydrogen-bond acceptors (Lipinski definition) is 4. The minimum absolute atomic E-state index is 0.180. The zero-order valence-electron chi connectivity index (χ0n) is 17.8. The molecule has 1 fully saturated rings. The van der Waals surface area contributed by atoms with Crippen LogP contribution in [0.4, 0.5) is 0 Å². The van der Waals surface area contributed by atoms with Crippen LogP contribution in [-0.2, 0) is 21.5 Å². The molecule has 1 aliphatic heterocycles. The number of rotatable bonds is 8. The van der Waals surface area contributed by atoms with Crippen molar-refractivity contribution >= 4 is 5.91 Å². The molecule has 2 aromatic carbocycles. The van der Waals surface area contributed by atoms with E-state index in [1.54, 1.807) is 7.11 Å². The van der Waals surface area contributed by atoms with Gasteiger partial charge in [0.2, 0.25) is 5.91 Å². The smallest absolute Gasteiger partial charge is 0.233 e. The molecule has 2 aromatic rings. The predicted molar refractivity (Wildman–Crippen MR) is 115 cm³/mol. The Labute approximate surface area is 174 Å². The number of ether oxygens (including phenoxy) is 2. The Balaban J connectivity index is 1.95. The van der Waals surface area contributed by atoms with E-state index < -0.39 is 5.41 Å². The minimum Gasteiger partial charge on any atom is -0.496 e. The van der Waals surface area contributed by atoms with Gasteiger partial charge in [0.1, 0.15) is 5.75 Å². The summed E-state index contributed by atoms with van der Waals surface area (Å²) in [4.78, 5) is 18.2. The Morgan fingerprint density at radius 2 is 1.66 bits per heavy atom. The van der Waals surface area contributed by atoms with Gasteiger partial charge < -0.3 is 19.3 Å². The summed E-state index contributed by atoms with van der Waals surface area (Å²) in [5.74, 6) is 0.996. The highest BCUT2D eigenvalue weighted by Gasteiger charge is 2.44. The number of nitrogens with zero attached hydrogens (tertiary/aromatic N) is 2. The SMILES string of the molecule is COc1ccccc1CN(CCN(C)C)C(=O)C1(c2ccccc2)CCOCC1. The molecule has 0 saturated carbocycles. The number of carbonyl (C=O) groups is 1. The highest BCUT2D eigenvalue weighted by molar-refractivity contribution is 5.88. The summed E-state index contributed by atoms with van der Waals surface area (Å²) in [5, 5.41) is 0. The van der Waals surface area contributed by atoms with Crippen LogP contribution in [0, 0.1) is 0 Å². The van der Waals surface area contributed by atoms with Crippen molar-refractivity contribution in [1.82, 2.24) is 9.80 Å². The molecule has 1 heterocycles. The number of carbonyl (C=O) groups excluding carboxylic acids is 1. The molecule has 0 radical (unpaired) electrons. The molecular weight excluding hydrogens is 364 g/mol. The third-order valence-corrected chi connectivity index (χ3v) is 5.74. The van der Waals surface area contributed by atoms with E-state index in [1.807, 2.05) is 61.5 Å². The number of benzene rings is 2. The van der Waals surface area contributed by atoms with Crippen LogP contribution >= 0.6 is 0 Å². The van der Waals surface area contributed by atoms with Crippen LogP contribution in [0.3, 0.4) is 0 Å². The monoisotopic (exact) mass is 396 g/mol. The van der Waals surface area contributed by atoms with Crippen LogP contribution in [-0.4, -0.2) is 63.2 Å². The van der Waals surface area contributed by atoms with Crippen LogP contribution in [0.25, 0.3) is 0 Å². The number of likely N-dealkylation sites (N-methyl/N-ethyl adjacent to an activating group) is 1. The lowest BCUT2D eigenvalue weighted by molar-refractivity contribution is -0.142. The maximum Gasteiger partial charge on any atom is 0.233 e. The van der Waals surface area contributed by atoms with E-state index in [4.69, 9.17) is 9.47 Å². The highest BCUT2D eigenvalue weighted by Crippen LogP contribution is 2.37. The summed E-state index contributed by atoms with van der Waals surface area (Å²) >= 11 is 0. The lowest BCUT2D eigenvalue weighted by atomic mass is 9.73. The molecule has 0 unspecified atom stereocenters. The maximum atomic E-state index is 14.0. The quantitative estimate of drug-likeness (QED) is 0.686. The molecule has 3 rings (SSSR count). The Kier molecular flexibility index (Phi) is 7.29. The molecule has 5 heteroatoms. The Hall–Kier alpha value is -2.37. The van der Waals surface area contributed by atoms with Gasteiger partial charge >= 0.3 is 0 Å². The fourth-order valence-electron chi connectivity index (χ4n) is 4.02. The largest absolute Gasteiger partial charge is 0.496 e. The molecule has 1 amide bonds. The van der Waals surface area contributed by atoms with Gasteiger partial charge in [-0.1, -0.05) is 48.5 Å². The van der Waals surface area contributed by atoms with E-state index >= 15 is 0 Å². The zero-order valence-corrected chi connectivity index (χ0v) is 17.8. The molecule has 5 nitrogen and oxygen atoms in total. The van der Waals surface area contributed by atoms with Crippen LogP contribution in [0.15, 0.2) is 54.6 Å². The molecule has 0 aromatic heterocycles. The summed E-state index contributed by atoms with van der Waals surface area (Å²) in [5.41, 5.74) is 1.58. The standard InChI is InChI=1S/C24H32N2O3/c1-25(2)15-16-26(19-20-9-7-8-12-22(20)28-3)23(27)24(13-17-29-18-14-24)21-10-5-4-6-11-21/h4-12H,13-19H2,1-3H3. The minimum atomic E-state index is -0.534. The number of amides is 1. The second-order valence-electron chi connectivity index (χ2n) is 7.90. The Bertz CT molecular complexity index is 786. The van der Waals surface area contributed by atoms with Crippen molar-refractivity contribution in [3.63, 3.8) is 0 Å². The van der Waals surface area contributed by atoms with Gasteiger partial charge in [-0.25, -0.2) is 0 Å². The first kappa shape index (κ1) is 21.3. The zero-order chi connectivity index (χ0) is 20.7. The number of methoxy groups -OCH3 is 1. The third-order valence-electron chi connectivity index (χ3n) is 5.74. The average Bonchev–Trinajstić information content (AvgIpc) is 2.77.